The second-order valence-corrected chi connectivity index (χ2v) is 8.83. The van der Waals surface area contributed by atoms with Crippen molar-refractivity contribution in [3.8, 4) is 5.75 Å². The van der Waals surface area contributed by atoms with Crippen molar-refractivity contribution >= 4 is 23.7 Å². The molecule has 0 radical (unpaired) electrons. The van der Waals surface area contributed by atoms with Gasteiger partial charge in [0.1, 0.15) is 11.8 Å². The molecule has 1 N–H and O–H groups in total. The Kier molecular flexibility index (Phi) is 7.07. The molecule has 1 atom stereocenters. The van der Waals surface area contributed by atoms with Crippen LogP contribution in [0.2, 0.25) is 0 Å². The highest BCUT2D eigenvalue weighted by atomic mass is 32.2. The number of benzene rings is 1. The number of nitrogens with one attached hydrogen (secondary N) is 1. The number of carbonyl (C=O) groups excluding carboxylic acids is 1. The minimum absolute atomic E-state index is 0.0508. The van der Waals surface area contributed by atoms with E-state index < -0.39 is 6.04 Å². The molecule has 1 aliphatic rings. The Bertz CT molecular complexity index is 936. The Morgan fingerprint density at radius 3 is 2.70 bits per heavy atom. The van der Waals surface area contributed by atoms with Gasteiger partial charge in [-0.1, -0.05) is 30.8 Å². The molecule has 0 saturated carbocycles. The van der Waals surface area contributed by atoms with Crippen molar-refractivity contribution < 1.29 is 14.3 Å². The number of hydrogen-bond acceptors (Lipinski definition) is 7. The minimum atomic E-state index is -0.452. The molecule has 0 aliphatic carbocycles. The van der Waals surface area contributed by atoms with Gasteiger partial charge in [0.2, 0.25) is 11.1 Å². The lowest BCUT2D eigenvalue weighted by atomic mass is 9.95. The van der Waals surface area contributed by atoms with Crippen LogP contribution in [0.4, 0.5) is 5.95 Å². The van der Waals surface area contributed by atoms with Gasteiger partial charge in [0, 0.05) is 11.4 Å². The molecule has 2 aromatic rings. The van der Waals surface area contributed by atoms with Crippen molar-refractivity contribution in [1.82, 2.24) is 14.8 Å². The summed E-state index contributed by atoms with van der Waals surface area (Å²) < 4.78 is 13.2. The molecule has 3 rings (SSSR count). The number of aromatic nitrogens is 3. The summed E-state index contributed by atoms with van der Waals surface area (Å²) in [6, 6.07) is 7.32. The lowest BCUT2D eigenvalue weighted by Gasteiger charge is -2.28. The number of carbonyl (C=O) groups is 1. The molecule has 7 nitrogen and oxygen atoms in total. The summed E-state index contributed by atoms with van der Waals surface area (Å²) in [4.78, 5) is 17.7. The Balaban J connectivity index is 2.08. The van der Waals surface area contributed by atoms with Crippen LogP contribution in [-0.2, 0) is 9.53 Å². The second-order valence-electron chi connectivity index (χ2n) is 7.77. The fraction of sp³-hybridized carbons (Fsp3) is 0.500. The average molecular weight is 431 g/mol. The highest BCUT2D eigenvalue weighted by molar-refractivity contribution is 7.99. The van der Waals surface area contributed by atoms with Gasteiger partial charge in [-0.05, 0) is 58.7 Å². The number of ether oxygens (including phenoxy) is 2. The van der Waals surface area contributed by atoms with Crippen LogP contribution in [0.15, 0.2) is 40.7 Å². The van der Waals surface area contributed by atoms with Crippen LogP contribution in [0.25, 0.3) is 0 Å². The van der Waals surface area contributed by atoms with Crippen molar-refractivity contribution in [2.24, 2.45) is 0 Å². The fourth-order valence-electron chi connectivity index (χ4n) is 3.27. The van der Waals surface area contributed by atoms with Gasteiger partial charge in [0.15, 0.2) is 0 Å². The van der Waals surface area contributed by atoms with E-state index in [-0.39, 0.29) is 18.2 Å². The van der Waals surface area contributed by atoms with Gasteiger partial charge < -0.3 is 14.8 Å². The van der Waals surface area contributed by atoms with Gasteiger partial charge in [-0.3, -0.25) is 0 Å². The van der Waals surface area contributed by atoms with Crippen molar-refractivity contribution in [3.05, 3.63) is 41.1 Å². The first-order valence-corrected chi connectivity index (χ1v) is 11.3. The lowest BCUT2D eigenvalue weighted by Crippen LogP contribution is -2.30. The molecule has 162 valence electrons. The third-order valence-corrected chi connectivity index (χ3v) is 5.42. The number of allylic oxidation sites excluding steroid dienone is 1. The summed E-state index contributed by atoms with van der Waals surface area (Å²) in [5, 5.41) is 8.62. The molecule has 2 heterocycles. The lowest BCUT2D eigenvalue weighted by molar-refractivity contribution is -0.143. The van der Waals surface area contributed by atoms with Crippen LogP contribution in [0.1, 0.15) is 59.6 Å². The van der Waals surface area contributed by atoms with Crippen LogP contribution < -0.4 is 10.1 Å². The van der Waals surface area contributed by atoms with Crippen LogP contribution in [-0.4, -0.2) is 38.7 Å². The third kappa shape index (κ3) is 4.98. The molecule has 0 fully saturated rings. The number of thioether (sulfide) groups is 1. The predicted octanol–water partition coefficient (Wildman–Crippen LogP) is 4.81. The molecule has 0 bridgehead atoms. The largest absolute Gasteiger partial charge is 0.491 e. The van der Waals surface area contributed by atoms with E-state index in [1.54, 1.807) is 16.4 Å². The van der Waals surface area contributed by atoms with Gasteiger partial charge >= 0.3 is 5.97 Å². The Morgan fingerprint density at radius 2 is 2.03 bits per heavy atom. The minimum Gasteiger partial charge on any atom is -0.491 e. The first-order valence-electron chi connectivity index (χ1n) is 10.3. The molecule has 0 amide bonds. The van der Waals surface area contributed by atoms with E-state index in [2.05, 4.69) is 17.2 Å². The van der Waals surface area contributed by atoms with E-state index in [1.807, 2.05) is 58.9 Å². The van der Waals surface area contributed by atoms with E-state index in [0.717, 1.165) is 23.5 Å². The molecule has 0 saturated heterocycles. The van der Waals surface area contributed by atoms with Crippen molar-refractivity contribution in [1.29, 1.82) is 0 Å². The zero-order valence-electron chi connectivity index (χ0n) is 18.4. The topological polar surface area (TPSA) is 78.3 Å². The smallest absolute Gasteiger partial charge is 0.338 e. The SMILES string of the molecule is CCCSc1nc2n(n1)C(c1cccc(OC(C)C)c1)C(C(=O)OC(C)C)=C(C)N2. The molecular formula is C22H30N4O3S. The normalized spacial score (nSPS) is 15.9. The Labute approximate surface area is 182 Å². The van der Waals surface area contributed by atoms with E-state index in [0.29, 0.717) is 22.4 Å². The van der Waals surface area contributed by atoms with Gasteiger partial charge in [-0.15, -0.1) is 5.10 Å². The third-order valence-electron chi connectivity index (χ3n) is 4.38. The molecule has 1 aromatic carbocycles. The molecule has 1 aliphatic heterocycles. The maximum absolute atomic E-state index is 13.0. The van der Waals surface area contributed by atoms with Crippen LogP contribution in [0, 0.1) is 0 Å². The molecule has 1 aromatic heterocycles. The number of rotatable bonds is 8. The average Bonchev–Trinajstić information content (AvgIpc) is 3.06. The van der Waals surface area contributed by atoms with E-state index in [4.69, 9.17) is 14.6 Å². The Morgan fingerprint density at radius 1 is 1.27 bits per heavy atom. The first-order chi connectivity index (χ1) is 14.3. The number of anilines is 1. The summed E-state index contributed by atoms with van der Waals surface area (Å²) in [5.74, 6) is 1.93. The number of fused-ring (bicyclic) bond motifs is 1. The van der Waals surface area contributed by atoms with Crippen LogP contribution in [0.3, 0.4) is 0 Å². The number of nitrogens with zero attached hydrogens (tertiary/aromatic N) is 3. The Hall–Kier alpha value is -2.48. The summed E-state index contributed by atoms with van der Waals surface area (Å²) >= 11 is 1.60. The quantitative estimate of drug-likeness (QED) is 0.476. The van der Waals surface area contributed by atoms with E-state index in [1.165, 1.54) is 0 Å². The second kappa shape index (κ2) is 9.55. The van der Waals surface area contributed by atoms with E-state index >= 15 is 0 Å². The zero-order chi connectivity index (χ0) is 21.8. The van der Waals surface area contributed by atoms with Gasteiger partial charge in [0.05, 0.1) is 17.8 Å². The fourth-order valence-corrected chi connectivity index (χ4v) is 3.95. The summed E-state index contributed by atoms with van der Waals surface area (Å²) in [6.45, 7) is 11.7. The highest BCUT2D eigenvalue weighted by Crippen LogP contribution is 2.38. The number of esters is 1. The predicted molar refractivity (Wildman–Crippen MR) is 119 cm³/mol. The first kappa shape index (κ1) is 22.2. The van der Waals surface area contributed by atoms with Gasteiger partial charge in [-0.25, -0.2) is 9.48 Å². The van der Waals surface area contributed by atoms with Gasteiger partial charge in [0.25, 0.3) is 0 Å². The molecule has 0 spiro atoms. The maximum Gasteiger partial charge on any atom is 0.338 e. The highest BCUT2D eigenvalue weighted by Gasteiger charge is 2.35. The van der Waals surface area contributed by atoms with Crippen LogP contribution in [0.5, 0.6) is 5.75 Å². The summed E-state index contributed by atoms with van der Waals surface area (Å²) in [7, 11) is 0. The summed E-state index contributed by atoms with van der Waals surface area (Å²) in [6.07, 6.45) is 0.861. The molecular weight excluding hydrogens is 400 g/mol. The zero-order valence-corrected chi connectivity index (χ0v) is 19.2. The number of hydrogen-bond donors (Lipinski definition) is 1. The van der Waals surface area contributed by atoms with Crippen molar-refractivity contribution in [2.45, 2.75) is 71.4 Å². The molecule has 30 heavy (non-hydrogen) atoms. The molecule has 1 unspecified atom stereocenters. The standard InChI is InChI=1S/C22H30N4O3S/c1-7-11-30-22-24-21-23-15(6)18(20(27)29-14(4)5)19(26(21)25-22)16-9-8-10-17(12-16)28-13(2)3/h8-10,12-14,19H,7,11H2,1-6H3,(H,23,24,25). The summed E-state index contributed by atoms with van der Waals surface area (Å²) in [5.41, 5.74) is 2.13. The van der Waals surface area contributed by atoms with Crippen LogP contribution >= 0.6 is 11.8 Å². The van der Waals surface area contributed by atoms with E-state index in [9.17, 15) is 4.79 Å². The van der Waals surface area contributed by atoms with Gasteiger partial charge in [-0.2, -0.15) is 4.98 Å². The van der Waals surface area contributed by atoms with Crippen molar-refractivity contribution in [2.75, 3.05) is 11.1 Å². The monoisotopic (exact) mass is 430 g/mol. The van der Waals surface area contributed by atoms with Crippen molar-refractivity contribution in [3.63, 3.8) is 0 Å². The molecule has 8 heteroatoms. The maximum atomic E-state index is 13.0.